The number of nitrogens with zero attached hydrogens (tertiary/aromatic N) is 4. The molecule has 2 aromatic rings. The summed E-state index contributed by atoms with van der Waals surface area (Å²) in [5.41, 5.74) is 0.946. The van der Waals surface area contributed by atoms with Gasteiger partial charge in [0.15, 0.2) is 10.8 Å². The minimum atomic E-state index is -0.780. The number of aromatic nitrogens is 3. The van der Waals surface area contributed by atoms with Crippen molar-refractivity contribution in [2.75, 3.05) is 0 Å². The molecule has 0 radical (unpaired) electrons. The lowest BCUT2D eigenvalue weighted by atomic mass is 10.0. The Morgan fingerprint density at radius 3 is 2.56 bits per heavy atom. The summed E-state index contributed by atoms with van der Waals surface area (Å²) in [6, 6.07) is 7.13. The number of carbonyl (C=O) groups excluding carboxylic acids is 1. The topological polar surface area (TPSA) is 88.8 Å². The van der Waals surface area contributed by atoms with Crippen molar-refractivity contribution in [2.45, 2.75) is 39.2 Å². The average molecular weight is 424 g/mol. The van der Waals surface area contributed by atoms with Gasteiger partial charge in [-0.15, -0.1) is 5.10 Å². The number of nitriles is 1. The van der Waals surface area contributed by atoms with Crippen LogP contribution < -0.4 is 0 Å². The van der Waals surface area contributed by atoms with Crippen LogP contribution in [0.4, 0.5) is 0 Å². The molecular formula is C17H16BrClN4O2. The molecule has 0 aliphatic heterocycles. The van der Waals surface area contributed by atoms with Crippen LogP contribution in [0.2, 0.25) is 5.15 Å². The lowest BCUT2D eigenvalue weighted by Crippen LogP contribution is -2.25. The van der Waals surface area contributed by atoms with Gasteiger partial charge in [0.25, 0.3) is 0 Å². The van der Waals surface area contributed by atoms with Crippen LogP contribution in [0.3, 0.4) is 0 Å². The number of hydrogen-bond donors (Lipinski definition) is 0. The van der Waals surface area contributed by atoms with Crippen LogP contribution in [-0.2, 0) is 4.74 Å². The molecule has 0 aromatic carbocycles. The molecule has 0 saturated carbocycles. The van der Waals surface area contributed by atoms with Gasteiger partial charge in [-0.05, 0) is 67.4 Å². The fraction of sp³-hybridized carbons (Fsp3) is 0.353. The van der Waals surface area contributed by atoms with Gasteiger partial charge in [0.1, 0.15) is 11.5 Å². The van der Waals surface area contributed by atoms with Gasteiger partial charge in [-0.1, -0.05) is 11.6 Å². The van der Waals surface area contributed by atoms with Gasteiger partial charge in [-0.2, -0.15) is 10.4 Å². The van der Waals surface area contributed by atoms with E-state index in [2.05, 4.69) is 37.2 Å². The highest BCUT2D eigenvalue weighted by Gasteiger charge is 2.24. The van der Waals surface area contributed by atoms with E-state index in [1.165, 1.54) is 0 Å². The normalized spacial score (nSPS) is 12.4. The highest BCUT2D eigenvalue weighted by Crippen LogP contribution is 2.26. The lowest BCUT2D eigenvalue weighted by Gasteiger charge is -2.20. The predicted octanol–water partition coefficient (Wildman–Crippen LogP) is 4.21. The van der Waals surface area contributed by atoms with E-state index < -0.39 is 17.5 Å². The Bertz CT molecular complexity index is 859. The van der Waals surface area contributed by atoms with Crippen LogP contribution in [0.5, 0.6) is 0 Å². The molecule has 2 aromatic heterocycles. The van der Waals surface area contributed by atoms with Crippen LogP contribution >= 0.6 is 27.5 Å². The van der Waals surface area contributed by atoms with Gasteiger partial charge >= 0.3 is 5.97 Å². The molecule has 0 aliphatic carbocycles. The summed E-state index contributed by atoms with van der Waals surface area (Å²) >= 11 is 9.18. The van der Waals surface area contributed by atoms with Crippen molar-refractivity contribution in [3.63, 3.8) is 0 Å². The SMILES string of the molecule is Cc1cc(C(C#N)c2ccc(Br)c(C(=O)OC(C)(C)C)n2)nnc1Cl. The third kappa shape index (κ3) is 4.74. The summed E-state index contributed by atoms with van der Waals surface area (Å²) in [5, 5.41) is 17.6. The second kappa shape index (κ2) is 7.46. The van der Waals surface area contributed by atoms with E-state index >= 15 is 0 Å². The van der Waals surface area contributed by atoms with E-state index in [-0.39, 0.29) is 10.8 Å². The van der Waals surface area contributed by atoms with Crippen molar-refractivity contribution in [1.82, 2.24) is 15.2 Å². The maximum absolute atomic E-state index is 12.3. The maximum Gasteiger partial charge on any atom is 0.358 e. The standard InChI is InChI=1S/C17H16BrClN4O2/c1-9-7-13(22-23-15(9)19)10(8-20)12-6-5-11(18)14(21-12)16(24)25-17(2,3)4/h5-7,10H,1-4H3. The molecule has 0 bridgehead atoms. The van der Waals surface area contributed by atoms with Crippen molar-refractivity contribution >= 4 is 33.5 Å². The van der Waals surface area contributed by atoms with Crippen molar-refractivity contribution in [1.29, 1.82) is 5.26 Å². The number of carbonyl (C=O) groups is 1. The Kier molecular flexibility index (Phi) is 5.76. The minimum Gasteiger partial charge on any atom is -0.455 e. The summed E-state index contributed by atoms with van der Waals surface area (Å²) in [5.74, 6) is -1.35. The first-order valence-corrected chi connectivity index (χ1v) is 8.58. The number of esters is 1. The highest BCUT2D eigenvalue weighted by atomic mass is 79.9. The number of aryl methyl sites for hydroxylation is 1. The zero-order valence-electron chi connectivity index (χ0n) is 14.2. The number of rotatable bonds is 3. The summed E-state index contributed by atoms with van der Waals surface area (Å²) in [4.78, 5) is 16.6. The average Bonchev–Trinajstić information content (AvgIpc) is 2.51. The third-order valence-electron chi connectivity index (χ3n) is 3.12. The molecule has 1 unspecified atom stereocenters. The summed E-state index contributed by atoms with van der Waals surface area (Å²) < 4.78 is 5.84. The van der Waals surface area contributed by atoms with Gasteiger partial charge in [0.05, 0.1) is 21.9 Å². The van der Waals surface area contributed by atoms with Crippen molar-refractivity contribution < 1.29 is 9.53 Å². The molecule has 25 heavy (non-hydrogen) atoms. The van der Waals surface area contributed by atoms with Crippen molar-refractivity contribution in [3.05, 3.63) is 50.5 Å². The van der Waals surface area contributed by atoms with E-state index in [1.807, 2.05) is 0 Å². The Balaban J connectivity index is 2.44. The molecule has 2 rings (SSSR count). The Morgan fingerprint density at radius 2 is 2.00 bits per heavy atom. The quantitative estimate of drug-likeness (QED) is 0.687. The van der Waals surface area contributed by atoms with E-state index in [0.29, 0.717) is 21.4 Å². The first-order valence-electron chi connectivity index (χ1n) is 7.41. The van der Waals surface area contributed by atoms with Crippen LogP contribution in [0.15, 0.2) is 22.7 Å². The van der Waals surface area contributed by atoms with Gasteiger partial charge in [0.2, 0.25) is 0 Å². The molecule has 0 spiro atoms. The predicted molar refractivity (Wildman–Crippen MR) is 96.3 cm³/mol. The maximum atomic E-state index is 12.3. The molecule has 6 nitrogen and oxygen atoms in total. The molecule has 1 atom stereocenters. The van der Waals surface area contributed by atoms with E-state index in [1.54, 1.807) is 45.9 Å². The van der Waals surface area contributed by atoms with E-state index in [0.717, 1.165) is 0 Å². The molecule has 0 fully saturated rings. The second-order valence-corrected chi connectivity index (χ2v) is 7.59. The number of pyridine rings is 1. The van der Waals surface area contributed by atoms with Crippen LogP contribution in [0, 0.1) is 18.3 Å². The highest BCUT2D eigenvalue weighted by molar-refractivity contribution is 9.10. The summed E-state index contributed by atoms with van der Waals surface area (Å²) in [7, 11) is 0. The molecule has 0 aliphatic rings. The smallest absolute Gasteiger partial charge is 0.358 e. The Hall–Kier alpha value is -2.04. The fourth-order valence-corrected chi connectivity index (χ4v) is 2.48. The van der Waals surface area contributed by atoms with Gasteiger partial charge in [0, 0.05) is 0 Å². The van der Waals surface area contributed by atoms with Gasteiger partial charge in [-0.25, -0.2) is 9.78 Å². The lowest BCUT2D eigenvalue weighted by molar-refractivity contribution is 0.00613. The Labute approximate surface area is 159 Å². The molecule has 8 heteroatoms. The zero-order valence-corrected chi connectivity index (χ0v) is 16.5. The number of hydrogen-bond acceptors (Lipinski definition) is 6. The second-order valence-electron chi connectivity index (χ2n) is 6.37. The van der Waals surface area contributed by atoms with Crippen LogP contribution in [0.25, 0.3) is 0 Å². The van der Waals surface area contributed by atoms with Crippen LogP contribution in [-0.4, -0.2) is 26.8 Å². The number of ether oxygens (including phenoxy) is 1. The third-order valence-corrected chi connectivity index (χ3v) is 4.14. The first-order chi connectivity index (χ1) is 11.6. The van der Waals surface area contributed by atoms with E-state index in [4.69, 9.17) is 16.3 Å². The minimum absolute atomic E-state index is 0.103. The zero-order chi connectivity index (χ0) is 18.8. The van der Waals surface area contributed by atoms with Crippen molar-refractivity contribution in [3.8, 4) is 6.07 Å². The van der Waals surface area contributed by atoms with Gasteiger partial charge < -0.3 is 4.74 Å². The van der Waals surface area contributed by atoms with Crippen molar-refractivity contribution in [2.24, 2.45) is 0 Å². The number of halogens is 2. The molecule has 0 N–H and O–H groups in total. The first kappa shape index (κ1) is 19.3. The molecule has 0 saturated heterocycles. The largest absolute Gasteiger partial charge is 0.455 e. The van der Waals surface area contributed by atoms with Gasteiger partial charge in [-0.3, -0.25) is 0 Å². The molecule has 130 valence electrons. The monoisotopic (exact) mass is 422 g/mol. The fourth-order valence-electron chi connectivity index (χ4n) is 2.00. The molecule has 0 amide bonds. The molecule has 2 heterocycles. The summed E-state index contributed by atoms with van der Waals surface area (Å²) in [6.07, 6.45) is 0. The Morgan fingerprint density at radius 1 is 1.32 bits per heavy atom. The summed E-state index contributed by atoms with van der Waals surface area (Å²) in [6.45, 7) is 7.09. The van der Waals surface area contributed by atoms with E-state index in [9.17, 15) is 10.1 Å². The molecular weight excluding hydrogens is 408 g/mol. The van der Waals surface area contributed by atoms with Crippen LogP contribution in [0.1, 0.15) is 54.1 Å².